The number of nitrogens with one attached hydrogen (secondary N) is 1. The van der Waals surface area contributed by atoms with E-state index in [0.29, 0.717) is 0 Å². The maximum atomic E-state index is 6.22. The highest BCUT2D eigenvalue weighted by molar-refractivity contribution is 5.91. The van der Waals surface area contributed by atoms with Gasteiger partial charge < -0.3 is 15.0 Å². The van der Waals surface area contributed by atoms with Crippen molar-refractivity contribution in [2.45, 2.75) is 20.3 Å². The molecule has 0 saturated carbocycles. The minimum Gasteiger partial charge on any atom is -0.457 e. The van der Waals surface area contributed by atoms with E-state index in [1.165, 1.54) is 22.3 Å². The molecule has 0 saturated heterocycles. The van der Waals surface area contributed by atoms with Crippen molar-refractivity contribution in [2.24, 2.45) is 0 Å². The molecule has 3 heteroatoms. The maximum Gasteiger partial charge on any atom is 0.135 e. The summed E-state index contributed by atoms with van der Waals surface area (Å²) in [6.45, 7) is 7.42. The van der Waals surface area contributed by atoms with Gasteiger partial charge >= 0.3 is 0 Å². The SMILES string of the molecule is CCN(CC)c1ccc2c(Oc3ccc4c(c3)NCC4)cccc2c1. The third-order valence-electron chi connectivity index (χ3n) is 4.97. The molecule has 0 aromatic heterocycles. The minimum absolute atomic E-state index is 0.883. The van der Waals surface area contributed by atoms with Gasteiger partial charge in [0.1, 0.15) is 11.5 Å². The number of rotatable bonds is 5. The Hall–Kier alpha value is -2.68. The second kappa shape index (κ2) is 6.67. The van der Waals surface area contributed by atoms with Gasteiger partial charge in [-0.2, -0.15) is 0 Å². The van der Waals surface area contributed by atoms with E-state index in [1.54, 1.807) is 0 Å². The lowest BCUT2D eigenvalue weighted by Crippen LogP contribution is -2.21. The van der Waals surface area contributed by atoms with Gasteiger partial charge in [-0.3, -0.25) is 0 Å². The first-order valence-electron chi connectivity index (χ1n) is 9.11. The normalized spacial score (nSPS) is 12.7. The predicted octanol–water partition coefficient (Wildman–Crippen LogP) is 5.45. The zero-order chi connectivity index (χ0) is 17.2. The Morgan fingerprint density at radius 3 is 2.72 bits per heavy atom. The zero-order valence-corrected chi connectivity index (χ0v) is 14.9. The highest BCUT2D eigenvalue weighted by Gasteiger charge is 2.12. The van der Waals surface area contributed by atoms with Gasteiger partial charge in [0.25, 0.3) is 0 Å². The number of nitrogens with zero attached hydrogens (tertiary/aromatic N) is 1. The average Bonchev–Trinajstić information content (AvgIpc) is 3.11. The van der Waals surface area contributed by atoms with Crippen LogP contribution >= 0.6 is 0 Å². The van der Waals surface area contributed by atoms with Crippen molar-refractivity contribution < 1.29 is 4.74 Å². The van der Waals surface area contributed by atoms with Crippen molar-refractivity contribution in [3.63, 3.8) is 0 Å². The van der Waals surface area contributed by atoms with Crippen molar-refractivity contribution in [1.82, 2.24) is 0 Å². The predicted molar refractivity (Wildman–Crippen MR) is 106 cm³/mol. The number of benzene rings is 3. The largest absolute Gasteiger partial charge is 0.457 e. The zero-order valence-electron chi connectivity index (χ0n) is 14.9. The molecule has 0 radical (unpaired) electrons. The van der Waals surface area contributed by atoms with E-state index in [2.05, 4.69) is 72.6 Å². The molecule has 128 valence electrons. The lowest BCUT2D eigenvalue weighted by Gasteiger charge is -2.21. The minimum atomic E-state index is 0.883. The van der Waals surface area contributed by atoms with E-state index >= 15 is 0 Å². The van der Waals surface area contributed by atoms with Gasteiger partial charge in [0.05, 0.1) is 0 Å². The average molecular weight is 332 g/mol. The van der Waals surface area contributed by atoms with Crippen molar-refractivity contribution in [2.75, 3.05) is 29.9 Å². The summed E-state index contributed by atoms with van der Waals surface area (Å²) in [7, 11) is 0. The second-order valence-electron chi connectivity index (χ2n) is 6.43. The Balaban J connectivity index is 1.68. The van der Waals surface area contributed by atoms with Gasteiger partial charge in [-0.25, -0.2) is 0 Å². The van der Waals surface area contributed by atoms with Crippen molar-refractivity contribution in [3.8, 4) is 11.5 Å². The van der Waals surface area contributed by atoms with Gasteiger partial charge in [-0.15, -0.1) is 0 Å². The molecule has 0 aliphatic carbocycles. The van der Waals surface area contributed by atoms with E-state index in [9.17, 15) is 0 Å². The summed E-state index contributed by atoms with van der Waals surface area (Å²) in [5.41, 5.74) is 3.83. The Morgan fingerprint density at radius 2 is 1.88 bits per heavy atom. The van der Waals surface area contributed by atoms with Crippen LogP contribution in [-0.2, 0) is 6.42 Å². The molecule has 1 N–H and O–H groups in total. The molecule has 4 rings (SSSR count). The van der Waals surface area contributed by atoms with Crippen LogP contribution in [0.15, 0.2) is 54.6 Å². The van der Waals surface area contributed by atoms with Crippen molar-refractivity contribution in [1.29, 1.82) is 0 Å². The monoisotopic (exact) mass is 332 g/mol. The number of fused-ring (bicyclic) bond motifs is 2. The van der Waals surface area contributed by atoms with Gasteiger partial charge in [0, 0.05) is 42.5 Å². The second-order valence-corrected chi connectivity index (χ2v) is 6.43. The molecule has 0 atom stereocenters. The van der Waals surface area contributed by atoms with Crippen LogP contribution < -0.4 is 15.0 Å². The summed E-state index contributed by atoms with van der Waals surface area (Å²) in [5.74, 6) is 1.79. The van der Waals surface area contributed by atoms with Gasteiger partial charge in [-0.1, -0.05) is 18.2 Å². The van der Waals surface area contributed by atoms with Gasteiger partial charge in [0.2, 0.25) is 0 Å². The number of anilines is 2. The summed E-state index contributed by atoms with van der Waals surface area (Å²) in [6, 6.07) is 19.2. The van der Waals surface area contributed by atoms with Gasteiger partial charge in [-0.05, 0) is 61.5 Å². The van der Waals surface area contributed by atoms with E-state index < -0.39 is 0 Å². The summed E-state index contributed by atoms with van der Waals surface area (Å²) in [6.07, 6.45) is 1.10. The molecule has 1 heterocycles. The van der Waals surface area contributed by atoms with Crippen LogP contribution in [0.3, 0.4) is 0 Å². The summed E-state index contributed by atoms with van der Waals surface area (Å²) >= 11 is 0. The lowest BCUT2D eigenvalue weighted by molar-refractivity contribution is 0.488. The molecule has 1 aliphatic rings. The Bertz CT molecular complexity index is 900. The fourth-order valence-corrected chi connectivity index (χ4v) is 3.58. The van der Waals surface area contributed by atoms with Crippen LogP contribution in [0.5, 0.6) is 11.5 Å². The van der Waals surface area contributed by atoms with Crippen molar-refractivity contribution in [3.05, 3.63) is 60.2 Å². The highest BCUT2D eigenvalue weighted by Crippen LogP contribution is 2.34. The Labute approximate surface area is 149 Å². The van der Waals surface area contributed by atoms with Crippen LogP contribution in [0.25, 0.3) is 10.8 Å². The summed E-state index contributed by atoms with van der Waals surface area (Å²) in [4.78, 5) is 2.36. The standard InChI is InChI=1S/C22H24N2O/c1-3-24(4-2)18-9-11-20-17(14-18)6-5-7-22(20)25-19-10-8-16-12-13-23-21(16)15-19/h5-11,14-15,23H,3-4,12-13H2,1-2H3. The smallest absolute Gasteiger partial charge is 0.135 e. The molecule has 0 amide bonds. The molecular formula is C22H24N2O. The third-order valence-corrected chi connectivity index (χ3v) is 4.97. The quantitative estimate of drug-likeness (QED) is 0.672. The fraction of sp³-hybridized carbons (Fsp3) is 0.273. The Kier molecular flexibility index (Phi) is 4.22. The number of hydrogen-bond acceptors (Lipinski definition) is 3. The first kappa shape index (κ1) is 15.8. The highest BCUT2D eigenvalue weighted by atomic mass is 16.5. The van der Waals surface area contributed by atoms with E-state index in [1.807, 2.05) is 6.07 Å². The van der Waals surface area contributed by atoms with Crippen molar-refractivity contribution >= 4 is 22.1 Å². The van der Waals surface area contributed by atoms with Crippen LogP contribution in [0.4, 0.5) is 11.4 Å². The molecule has 3 nitrogen and oxygen atoms in total. The number of ether oxygens (including phenoxy) is 1. The van der Waals surface area contributed by atoms with Gasteiger partial charge in [0.15, 0.2) is 0 Å². The maximum absolute atomic E-state index is 6.22. The molecule has 3 aromatic rings. The first-order valence-corrected chi connectivity index (χ1v) is 9.11. The molecule has 3 aromatic carbocycles. The lowest BCUT2D eigenvalue weighted by atomic mass is 10.1. The van der Waals surface area contributed by atoms with Crippen LogP contribution in [0.2, 0.25) is 0 Å². The van der Waals surface area contributed by atoms with Crippen LogP contribution in [0.1, 0.15) is 19.4 Å². The molecule has 0 spiro atoms. The summed E-state index contributed by atoms with van der Waals surface area (Å²) in [5, 5.41) is 5.77. The van der Waals surface area contributed by atoms with Crippen LogP contribution in [0, 0.1) is 0 Å². The van der Waals surface area contributed by atoms with E-state index in [0.717, 1.165) is 42.9 Å². The summed E-state index contributed by atoms with van der Waals surface area (Å²) < 4.78 is 6.22. The Morgan fingerprint density at radius 1 is 1.00 bits per heavy atom. The molecule has 0 fully saturated rings. The van der Waals surface area contributed by atoms with E-state index in [4.69, 9.17) is 4.74 Å². The third kappa shape index (κ3) is 3.02. The molecule has 0 unspecified atom stereocenters. The number of hydrogen-bond donors (Lipinski definition) is 1. The topological polar surface area (TPSA) is 24.5 Å². The fourth-order valence-electron chi connectivity index (χ4n) is 3.58. The van der Waals surface area contributed by atoms with E-state index in [-0.39, 0.29) is 0 Å². The molecule has 1 aliphatic heterocycles. The van der Waals surface area contributed by atoms with Crippen LogP contribution in [-0.4, -0.2) is 19.6 Å². The first-order chi connectivity index (χ1) is 12.3. The molecule has 25 heavy (non-hydrogen) atoms. The molecular weight excluding hydrogens is 308 g/mol. The molecule has 0 bridgehead atoms.